The van der Waals surface area contributed by atoms with Crippen molar-refractivity contribution in [2.45, 2.75) is 25.7 Å². The second kappa shape index (κ2) is 7.49. The van der Waals surface area contributed by atoms with Crippen LogP contribution in [0.5, 0.6) is 0 Å². The maximum atomic E-state index is 12.5. The lowest BCUT2D eigenvalue weighted by Crippen LogP contribution is -3.12. The summed E-state index contributed by atoms with van der Waals surface area (Å²) in [6, 6.07) is 7.52. The number of nitrogens with one attached hydrogen (secondary N) is 3. The van der Waals surface area contributed by atoms with Gasteiger partial charge in [-0.1, -0.05) is 18.2 Å². The van der Waals surface area contributed by atoms with Gasteiger partial charge in [0.05, 0.1) is 25.9 Å². The average Bonchev–Trinajstić information content (AvgIpc) is 2.76. The van der Waals surface area contributed by atoms with Gasteiger partial charge in [0, 0.05) is 10.9 Å². The van der Waals surface area contributed by atoms with Crippen LogP contribution in [0.2, 0.25) is 0 Å². The van der Waals surface area contributed by atoms with E-state index in [0.717, 1.165) is 24.0 Å². The number of para-hydroxylation sites is 1. The quantitative estimate of drug-likeness (QED) is 0.741. The summed E-state index contributed by atoms with van der Waals surface area (Å²) < 4.78 is 4.83. The topological polar surface area (TPSA) is 75.6 Å². The molecule has 0 aliphatic carbocycles. The molecule has 24 heavy (non-hydrogen) atoms. The largest absolute Gasteiger partial charge is 0.464 e. The minimum absolute atomic E-state index is 0.0678. The third-order valence-corrected chi connectivity index (χ3v) is 4.58. The van der Waals surface area contributed by atoms with E-state index >= 15 is 0 Å². The maximum absolute atomic E-state index is 12.5. The number of esters is 1. The summed E-state index contributed by atoms with van der Waals surface area (Å²) in [5.74, 6) is -0.551. The van der Waals surface area contributed by atoms with E-state index in [-0.39, 0.29) is 11.6 Å². The molecule has 0 spiro atoms. The minimum Gasteiger partial charge on any atom is -0.464 e. The van der Waals surface area contributed by atoms with Crippen molar-refractivity contribution in [3.63, 3.8) is 0 Å². The van der Waals surface area contributed by atoms with Gasteiger partial charge in [0.15, 0.2) is 6.54 Å². The molecule has 0 saturated carbocycles. The molecule has 1 aromatic heterocycles. The first-order chi connectivity index (χ1) is 11.7. The molecular weight excluding hydrogens is 306 g/mol. The van der Waals surface area contributed by atoms with Crippen LogP contribution in [0.3, 0.4) is 0 Å². The van der Waals surface area contributed by atoms with Crippen LogP contribution in [0.4, 0.5) is 5.69 Å². The fourth-order valence-electron chi connectivity index (χ4n) is 3.34. The van der Waals surface area contributed by atoms with Gasteiger partial charge >= 0.3 is 5.97 Å². The number of benzene rings is 1. The Bertz CT molecular complexity index is 730. The van der Waals surface area contributed by atoms with Gasteiger partial charge in [0.25, 0.3) is 5.91 Å². The Kier molecular flexibility index (Phi) is 5.15. The van der Waals surface area contributed by atoms with E-state index in [0.29, 0.717) is 12.2 Å². The molecule has 1 aromatic carbocycles. The Balaban J connectivity index is 1.80. The van der Waals surface area contributed by atoms with Crippen molar-refractivity contribution in [3.05, 3.63) is 30.0 Å². The van der Waals surface area contributed by atoms with Gasteiger partial charge in [-0.25, -0.2) is 4.79 Å². The number of aromatic nitrogens is 1. The number of methoxy groups -OCH3 is 1. The number of likely N-dealkylation sites (tertiary alicyclic amines) is 1. The Morgan fingerprint density at radius 3 is 2.58 bits per heavy atom. The third kappa shape index (κ3) is 3.59. The van der Waals surface area contributed by atoms with Crippen LogP contribution in [0.25, 0.3) is 10.9 Å². The van der Waals surface area contributed by atoms with Crippen LogP contribution in [-0.4, -0.2) is 43.6 Å². The van der Waals surface area contributed by atoms with E-state index < -0.39 is 5.97 Å². The minimum atomic E-state index is -0.483. The number of carbonyl (C=O) groups is 2. The van der Waals surface area contributed by atoms with Crippen molar-refractivity contribution in [2.24, 2.45) is 0 Å². The molecule has 0 radical (unpaired) electrons. The van der Waals surface area contributed by atoms with Crippen molar-refractivity contribution >= 4 is 28.5 Å². The first-order valence-corrected chi connectivity index (χ1v) is 8.51. The van der Waals surface area contributed by atoms with E-state index in [1.807, 2.05) is 24.3 Å². The number of fused-ring (bicyclic) bond motifs is 1. The highest BCUT2D eigenvalue weighted by atomic mass is 16.5. The van der Waals surface area contributed by atoms with Gasteiger partial charge in [-0.2, -0.15) is 0 Å². The molecule has 1 fully saturated rings. The normalized spacial score (nSPS) is 15.9. The molecule has 128 valence electrons. The van der Waals surface area contributed by atoms with Gasteiger partial charge in [0.2, 0.25) is 0 Å². The van der Waals surface area contributed by atoms with Crippen molar-refractivity contribution in [2.75, 3.05) is 32.1 Å². The fraction of sp³-hybridized carbons (Fsp3) is 0.444. The summed E-state index contributed by atoms with van der Waals surface area (Å²) in [6.07, 6.45) is 4.84. The summed E-state index contributed by atoms with van der Waals surface area (Å²) in [5.41, 5.74) is 1.60. The molecule has 6 nitrogen and oxygen atoms in total. The molecule has 2 aromatic rings. The lowest BCUT2D eigenvalue weighted by atomic mass is 10.2. The smallest absolute Gasteiger partial charge is 0.356 e. The number of amides is 1. The van der Waals surface area contributed by atoms with Crippen molar-refractivity contribution in [1.29, 1.82) is 0 Å². The van der Waals surface area contributed by atoms with Gasteiger partial charge in [-0.05, 0) is 31.7 Å². The molecule has 0 unspecified atom stereocenters. The summed E-state index contributed by atoms with van der Waals surface area (Å²) >= 11 is 0. The van der Waals surface area contributed by atoms with Crippen LogP contribution >= 0.6 is 0 Å². The Hall–Kier alpha value is -2.34. The van der Waals surface area contributed by atoms with Crippen LogP contribution in [0.1, 0.15) is 36.2 Å². The van der Waals surface area contributed by atoms with Crippen LogP contribution < -0.4 is 10.2 Å². The number of anilines is 1. The summed E-state index contributed by atoms with van der Waals surface area (Å²) in [6.45, 7) is 2.50. The van der Waals surface area contributed by atoms with E-state index in [9.17, 15) is 9.59 Å². The highest BCUT2D eigenvalue weighted by molar-refractivity contribution is 6.11. The molecule has 0 atom stereocenters. The van der Waals surface area contributed by atoms with Crippen LogP contribution in [0.15, 0.2) is 24.3 Å². The standard InChI is InChI=1S/C18H23N3O3/c1-24-18(23)17-16(13-8-4-5-9-14(13)19-17)20-15(22)12-21-10-6-2-3-7-11-21/h4-5,8-9,19H,2-3,6-7,10-12H2,1H3,(H,20,22)/p+1. The third-order valence-electron chi connectivity index (χ3n) is 4.58. The number of carbonyl (C=O) groups excluding carboxylic acids is 2. The second-order valence-corrected chi connectivity index (χ2v) is 6.30. The molecular formula is C18H24N3O3+. The van der Waals surface area contributed by atoms with Gasteiger partial charge in [0.1, 0.15) is 5.69 Å². The van der Waals surface area contributed by atoms with Gasteiger partial charge in [-0.15, -0.1) is 0 Å². The zero-order chi connectivity index (χ0) is 16.9. The number of quaternary nitrogens is 1. The van der Waals surface area contributed by atoms with E-state index in [1.165, 1.54) is 37.7 Å². The summed E-state index contributed by atoms with van der Waals surface area (Å²) in [4.78, 5) is 28.9. The molecule has 1 aliphatic heterocycles. The zero-order valence-electron chi connectivity index (χ0n) is 14.0. The van der Waals surface area contributed by atoms with E-state index in [4.69, 9.17) is 4.74 Å². The maximum Gasteiger partial charge on any atom is 0.356 e. The first-order valence-electron chi connectivity index (χ1n) is 8.51. The Morgan fingerprint density at radius 1 is 1.17 bits per heavy atom. The predicted molar refractivity (Wildman–Crippen MR) is 92.3 cm³/mol. The highest BCUT2D eigenvalue weighted by Gasteiger charge is 2.22. The van der Waals surface area contributed by atoms with Crippen molar-refractivity contribution < 1.29 is 19.2 Å². The number of ether oxygens (including phenoxy) is 1. The number of aromatic amines is 1. The molecule has 0 bridgehead atoms. The first kappa shape index (κ1) is 16.5. The number of hydrogen-bond donors (Lipinski definition) is 3. The number of hydrogen-bond acceptors (Lipinski definition) is 3. The van der Waals surface area contributed by atoms with Crippen molar-refractivity contribution in [1.82, 2.24) is 4.98 Å². The molecule has 1 saturated heterocycles. The molecule has 1 amide bonds. The van der Waals surface area contributed by atoms with Crippen molar-refractivity contribution in [3.8, 4) is 0 Å². The summed E-state index contributed by atoms with van der Waals surface area (Å²) in [7, 11) is 1.33. The molecule has 2 heterocycles. The molecule has 6 heteroatoms. The fourth-order valence-corrected chi connectivity index (χ4v) is 3.34. The molecule has 1 aliphatic rings. The van der Waals surface area contributed by atoms with E-state index in [2.05, 4.69) is 10.3 Å². The van der Waals surface area contributed by atoms with Gasteiger partial charge in [-0.3, -0.25) is 4.79 Å². The molecule has 3 rings (SSSR count). The highest BCUT2D eigenvalue weighted by Crippen LogP contribution is 2.28. The zero-order valence-corrected chi connectivity index (χ0v) is 14.0. The lowest BCUT2D eigenvalue weighted by molar-refractivity contribution is -0.890. The SMILES string of the molecule is COC(=O)c1[nH]c2ccccc2c1NC(=O)C[NH+]1CCCCCC1. The second-order valence-electron chi connectivity index (χ2n) is 6.30. The Labute approximate surface area is 141 Å². The Morgan fingerprint density at radius 2 is 1.88 bits per heavy atom. The van der Waals surface area contributed by atoms with E-state index in [1.54, 1.807) is 0 Å². The molecule has 3 N–H and O–H groups in total. The van der Waals surface area contributed by atoms with Crippen LogP contribution in [0, 0.1) is 0 Å². The van der Waals surface area contributed by atoms with Gasteiger partial charge < -0.3 is 19.9 Å². The lowest BCUT2D eigenvalue weighted by Gasteiger charge is -2.16. The predicted octanol–water partition coefficient (Wildman–Crippen LogP) is 1.35. The number of H-pyrrole nitrogens is 1. The summed E-state index contributed by atoms with van der Waals surface area (Å²) in [5, 5.41) is 3.74. The monoisotopic (exact) mass is 330 g/mol. The number of rotatable bonds is 4. The van der Waals surface area contributed by atoms with Crippen LogP contribution in [-0.2, 0) is 9.53 Å². The average molecular weight is 330 g/mol.